The van der Waals surface area contributed by atoms with Gasteiger partial charge in [-0.15, -0.1) is 0 Å². The summed E-state index contributed by atoms with van der Waals surface area (Å²) in [6.45, 7) is 2.38. The maximum absolute atomic E-state index is 13.3. The van der Waals surface area contributed by atoms with E-state index in [0.717, 1.165) is 11.4 Å². The molecule has 1 aliphatic heterocycles. The van der Waals surface area contributed by atoms with Gasteiger partial charge in [0.15, 0.2) is 0 Å². The number of anilines is 1. The predicted molar refractivity (Wildman–Crippen MR) is 73.7 cm³/mol. The van der Waals surface area contributed by atoms with Crippen molar-refractivity contribution >= 4 is 49.2 Å². The Morgan fingerprint density at radius 1 is 1.39 bits per heavy atom. The Morgan fingerprint density at radius 2 is 2.06 bits per heavy atom. The first-order valence-corrected chi connectivity index (χ1v) is 7.28. The van der Waals surface area contributed by atoms with E-state index in [1.807, 2.05) is 6.92 Å². The van der Waals surface area contributed by atoms with Crippen LogP contribution in [0.2, 0.25) is 0 Å². The predicted octanol–water partition coefficient (Wildman–Crippen LogP) is 3.15. The molecule has 0 aliphatic carbocycles. The van der Waals surface area contributed by atoms with Gasteiger partial charge in [0.05, 0.1) is 11.3 Å². The first-order chi connectivity index (χ1) is 8.45. The van der Waals surface area contributed by atoms with E-state index in [4.69, 9.17) is 0 Å². The molecule has 0 saturated carbocycles. The van der Waals surface area contributed by atoms with Crippen LogP contribution >= 0.6 is 31.9 Å². The molecule has 1 aromatic rings. The molecule has 6 heteroatoms. The van der Waals surface area contributed by atoms with E-state index in [1.165, 1.54) is 11.0 Å². The summed E-state index contributed by atoms with van der Waals surface area (Å²) in [5, 5.41) is 0.721. The van der Waals surface area contributed by atoms with Gasteiger partial charge in [-0.05, 0) is 34.0 Å². The molecule has 1 amide bonds. The molecule has 1 atom stereocenters. The lowest BCUT2D eigenvalue weighted by Gasteiger charge is -2.20. The van der Waals surface area contributed by atoms with Gasteiger partial charge in [0, 0.05) is 16.3 Å². The molecule has 96 valence electrons. The van der Waals surface area contributed by atoms with E-state index in [9.17, 15) is 14.0 Å². The van der Waals surface area contributed by atoms with Crippen LogP contribution in [0.5, 0.6) is 0 Å². The molecule has 0 aromatic heterocycles. The van der Waals surface area contributed by atoms with E-state index in [2.05, 4.69) is 31.9 Å². The third-order valence-corrected chi connectivity index (χ3v) is 4.45. The monoisotopic (exact) mass is 377 g/mol. The summed E-state index contributed by atoms with van der Waals surface area (Å²) in [7, 11) is 0. The Morgan fingerprint density at radius 3 is 2.67 bits per heavy atom. The molecule has 0 fully saturated rings. The maximum atomic E-state index is 13.3. The van der Waals surface area contributed by atoms with E-state index in [1.54, 1.807) is 0 Å². The standard InChI is InChI=1S/C12H10Br2FNO2/c1-6(4-13)5-16-10-8(11(17)12(16)18)2-7(15)3-9(10)14/h2-3,6H,4-5H2,1H3. The van der Waals surface area contributed by atoms with Crippen molar-refractivity contribution in [2.45, 2.75) is 6.92 Å². The minimum absolute atomic E-state index is 0.133. The summed E-state index contributed by atoms with van der Waals surface area (Å²) < 4.78 is 13.7. The molecule has 1 unspecified atom stereocenters. The van der Waals surface area contributed by atoms with Gasteiger partial charge >= 0.3 is 0 Å². The summed E-state index contributed by atoms with van der Waals surface area (Å²) in [4.78, 5) is 25.1. The fourth-order valence-corrected chi connectivity index (χ4v) is 2.74. The number of Topliss-reactive ketones (excluding diaryl/α,β-unsaturated/α-hetero) is 1. The molecular formula is C12H10Br2FNO2. The SMILES string of the molecule is CC(CBr)CN1C(=O)C(=O)c2cc(F)cc(Br)c21. The number of rotatable bonds is 3. The fraction of sp³-hybridized carbons (Fsp3) is 0.333. The second-order valence-electron chi connectivity index (χ2n) is 4.29. The molecule has 0 spiro atoms. The van der Waals surface area contributed by atoms with Crippen LogP contribution in [-0.2, 0) is 4.79 Å². The Bertz CT molecular complexity index is 533. The number of hydrogen-bond donors (Lipinski definition) is 0. The van der Waals surface area contributed by atoms with Crippen molar-refractivity contribution in [2.75, 3.05) is 16.8 Å². The maximum Gasteiger partial charge on any atom is 0.299 e. The molecule has 0 N–H and O–H groups in total. The normalized spacial score (nSPS) is 16.1. The van der Waals surface area contributed by atoms with E-state index in [0.29, 0.717) is 16.7 Å². The summed E-state index contributed by atoms with van der Waals surface area (Å²) in [5.41, 5.74) is 0.604. The topological polar surface area (TPSA) is 37.4 Å². The molecule has 1 heterocycles. The average molecular weight is 379 g/mol. The van der Waals surface area contributed by atoms with Crippen LogP contribution in [0.15, 0.2) is 16.6 Å². The van der Waals surface area contributed by atoms with Crippen LogP contribution in [0.1, 0.15) is 17.3 Å². The summed E-state index contributed by atoms with van der Waals surface area (Å²) in [5.74, 6) is -1.57. The van der Waals surface area contributed by atoms with Crippen molar-refractivity contribution < 1.29 is 14.0 Å². The molecule has 0 radical (unpaired) electrons. The van der Waals surface area contributed by atoms with Gasteiger partial charge in [0.1, 0.15) is 5.82 Å². The van der Waals surface area contributed by atoms with E-state index >= 15 is 0 Å². The highest BCUT2D eigenvalue weighted by Gasteiger charge is 2.38. The van der Waals surface area contributed by atoms with Crippen molar-refractivity contribution in [2.24, 2.45) is 5.92 Å². The Hall–Kier alpha value is -0.750. The van der Waals surface area contributed by atoms with Crippen molar-refractivity contribution in [3.63, 3.8) is 0 Å². The lowest BCUT2D eigenvalue weighted by atomic mass is 10.1. The van der Waals surface area contributed by atoms with Crippen LogP contribution in [0.25, 0.3) is 0 Å². The highest BCUT2D eigenvalue weighted by atomic mass is 79.9. The number of alkyl halides is 1. The fourth-order valence-electron chi connectivity index (χ4n) is 1.89. The zero-order chi connectivity index (χ0) is 13.4. The molecule has 3 nitrogen and oxygen atoms in total. The largest absolute Gasteiger partial charge is 0.303 e. The molecule has 1 aromatic carbocycles. The smallest absolute Gasteiger partial charge is 0.299 e. The van der Waals surface area contributed by atoms with E-state index in [-0.39, 0.29) is 11.5 Å². The zero-order valence-electron chi connectivity index (χ0n) is 9.54. The van der Waals surface area contributed by atoms with Crippen LogP contribution in [0, 0.1) is 11.7 Å². The van der Waals surface area contributed by atoms with Crippen LogP contribution in [0.4, 0.5) is 10.1 Å². The number of nitrogens with zero attached hydrogens (tertiary/aromatic N) is 1. The quantitative estimate of drug-likeness (QED) is 0.598. The number of halogens is 3. The second kappa shape index (κ2) is 5.09. The number of amides is 1. The van der Waals surface area contributed by atoms with Gasteiger partial charge in [-0.3, -0.25) is 9.59 Å². The molecule has 1 aliphatic rings. The highest BCUT2D eigenvalue weighted by Crippen LogP contribution is 2.37. The number of fused-ring (bicyclic) bond motifs is 1. The minimum Gasteiger partial charge on any atom is -0.303 e. The third-order valence-electron chi connectivity index (χ3n) is 2.74. The van der Waals surface area contributed by atoms with Gasteiger partial charge in [-0.25, -0.2) is 4.39 Å². The van der Waals surface area contributed by atoms with Gasteiger partial charge < -0.3 is 4.90 Å². The van der Waals surface area contributed by atoms with Gasteiger partial charge in [-0.2, -0.15) is 0 Å². The molecule has 0 bridgehead atoms. The molecule has 18 heavy (non-hydrogen) atoms. The minimum atomic E-state index is -0.646. The van der Waals surface area contributed by atoms with Gasteiger partial charge in [0.25, 0.3) is 11.7 Å². The first kappa shape index (κ1) is 13.7. The Kier molecular flexibility index (Phi) is 3.87. The molecular weight excluding hydrogens is 369 g/mol. The molecule has 2 rings (SSSR count). The van der Waals surface area contributed by atoms with Gasteiger partial charge in [0.2, 0.25) is 0 Å². The third kappa shape index (κ3) is 2.23. The van der Waals surface area contributed by atoms with Gasteiger partial charge in [-0.1, -0.05) is 22.9 Å². The molecule has 0 saturated heterocycles. The average Bonchev–Trinajstić information content (AvgIpc) is 2.54. The number of benzene rings is 1. The number of ketones is 1. The number of carbonyl (C=O) groups excluding carboxylic acids is 2. The zero-order valence-corrected chi connectivity index (χ0v) is 12.7. The number of carbonyl (C=O) groups is 2. The van der Waals surface area contributed by atoms with Crippen molar-refractivity contribution in [1.82, 2.24) is 0 Å². The highest BCUT2D eigenvalue weighted by molar-refractivity contribution is 9.10. The van der Waals surface area contributed by atoms with Crippen molar-refractivity contribution in [3.05, 3.63) is 28.0 Å². The van der Waals surface area contributed by atoms with Crippen molar-refractivity contribution in [1.29, 1.82) is 0 Å². The van der Waals surface area contributed by atoms with E-state index < -0.39 is 17.5 Å². The summed E-state index contributed by atoms with van der Waals surface area (Å²) in [6, 6.07) is 2.37. The Balaban J connectivity index is 2.48. The van der Waals surface area contributed by atoms with Crippen LogP contribution in [0.3, 0.4) is 0 Å². The summed E-state index contributed by atoms with van der Waals surface area (Å²) >= 11 is 6.54. The number of hydrogen-bond acceptors (Lipinski definition) is 2. The van der Waals surface area contributed by atoms with Crippen LogP contribution in [-0.4, -0.2) is 23.6 Å². The lowest BCUT2D eigenvalue weighted by Crippen LogP contribution is -2.34. The van der Waals surface area contributed by atoms with Crippen molar-refractivity contribution in [3.8, 4) is 0 Å². The summed E-state index contributed by atoms with van der Waals surface area (Å²) in [6.07, 6.45) is 0. The second-order valence-corrected chi connectivity index (χ2v) is 5.79. The first-order valence-electron chi connectivity index (χ1n) is 5.37. The van der Waals surface area contributed by atoms with Crippen LogP contribution < -0.4 is 4.90 Å². The Labute approximate surface area is 121 Å². The lowest BCUT2D eigenvalue weighted by molar-refractivity contribution is -0.114.